The molecule has 1 unspecified atom stereocenters. The molecule has 0 aliphatic heterocycles. The van der Waals surface area contributed by atoms with Gasteiger partial charge in [-0.05, 0) is 5.41 Å². The maximum absolute atomic E-state index is 10.8. The molecule has 0 aliphatic carbocycles. The molecule has 0 fully saturated rings. The van der Waals surface area contributed by atoms with Crippen molar-refractivity contribution in [1.29, 1.82) is 0 Å². The minimum absolute atomic E-state index is 0.0579. The van der Waals surface area contributed by atoms with E-state index in [4.69, 9.17) is 14.6 Å². The van der Waals surface area contributed by atoms with E-state index in [0.29, 0.717) is 26.4 Å². The quantitative estimate of drug-likeness (QED) is 0.374. The predicted octanol–water partition coefficient (Wildman–Crippen LogP) is 1.51. The van der Waals surface area contributed by atoms with Crippen LogP contribution >= 0.6 is 0 Å². The molecule has 0 saturated heterocycles. The lowest BCUT2D eigenvalue weighted by Crippen LogP contribution is -2.46. The molecule has 1 aromatic rings. The number of ether oxygens (including phenoxy) is 2. The topological polar surface area (TPSA) is 129 Å². The van der Waals surface area contributed by atoms with Gasteiger partial charge in [0.2, 0.25) is 0 Å². The van der Waals surface area contributed by atoms with Crippen LogP contribution in [-0.4, -0.2) is 58.4 Å². The van der Waals surface area contributed by atoms with Crippen LogP contribution in [0.1, 0.15) is 20.8 Å². The van der Waals surface area contributed by atoms with Gasteiger partial charge in [-0.15, -0.1) is 0 Å². The van der Waals surface area contributed by atoms with Crippen molar-refractivity contribution in [1.82, 2.24) is 15.1 Å². The number of hydrogen-bond donors (Lipinski definition) is 2. The molecule has 10 nitrogen and oxygen atoms in total. The number of carboxylic acid groups (broad SMARTS) is 1. The van der Waals surface area contributed by atoms with E-state index in [1.54, 1.807) is 0 Å². The van der Waals surface area contributed by atoms with Gasteiger partial charge in [-0.1, -0.05) is 20.8 Å². The summed E-state index contributed by atoms with van der Waals surface area (Å²) in [5.41, 5.74) is -0.314. The highest BCUT2D eigenvalue weighted by Crippen LogP contribution is 2.19. The van der Waals surface area contributed by atoms with Crippen LogP contribution in [0.25, 0.3) is 0 Å². The average Bonchev–Trinajstić information content (AvgIpc) is 2.92. The fourth-order valence-electron chi connectivity index (χ4n) is 1.81. The molecule has 136 valence electrons. The van der Waals surface area contributed by atoms with E-state index >= 15 is 0 Å². The Morgan fingerprint density at radius 3 is 2.62 bits per heavy atom. The largest absolute Gasteiger partial charge is 0.465 e. The van der Waals surface area contributed by atoms with Gasteiger partial charge in [0, 0.05) is 0 Å². The maximum Gasteiger partial charge on any atom is 0.404 e. The lowest BCUT2D eigenvalue weighted by atomic mass is 9.87. The third kappa shape index (κ3) is 7.38. The molecule has 24 heavy (non-hydrogen) atoms. The first kappa shape index (κ1) is 19.8. The summed E-state index contributed by atoms with van der Waals surface area (Å²) >= 11 is 0. The highest BCUT2D eigenvalue weighted by atomic mass is 16.6. The van der Waals surface area contributed by atoms with E-state index in [1.807, 2.05) is 20.8 Å². The molecular weight excluding hydrogens is 320 g/mol. The predicted molar refractivity (Wildman–Crippen MR) is 84.9 cm³/mol. The van der Waals surface area contributed by atoms with Crippen molar-refractivity contribution in [2.75, 3.05) is 26.4 Å². The van der Waals surface area contributed by atoms with Crippen molar-refractivity contribution >= 4 is 11.8 Å². The van der Waals surface area contributed by atoms with Crippen LogP contribution in [0.15, 0.2) is 12.4 Å². The summed E-state index contributed by atoms with van der Waals surface area (Å²) in [5, 5.41) is 25.6. The minimum atomic E-state index is -1.08. The molecule has 0 saturated carbocycles. The van der Waals surface area contributed by atoms with Crippen molar-refractivity contribution in [2.45, 2.75) is 33.4 Å². The summed E-state index contributed by atoms with van der Waals surface area (Å²) in [6, 6.07) is -0.320. The summed E-state index contributed by atoms with van der Waals surface area (Å²) in [6.45, 7) is 7.45. The van der Waals surface area contributed by atoms with Crippen molar-refractivity contribution in [3.63, 3.8) is 0 Å². The Bertz CT molecular complexity index is 540. The van der Waals surface area contributed by atoms with Crippen LogP contribution in [0.2, 0.25) is 0 Å². The molecule has 1 heterocycles. The Hall–Kier alpha value is -2.20. The molecule has 0 aromatic carbocycles. The highest BCUT2D eigenvalue weighted by Gasteiger charge is 2.26. The van der Waals surface area contributed by atoms with Crippen LogP contribution < -0.4 is 5.32 Å². The SMILES string of the molecule is CC(C)(C)C(COCCOCCn1cc([N+](=O)[O-])cn1)NC(=O)O. The number of amides is 1. The lowest BCUT2D eigenvalue weighted by Gasteiger charge is -2.30. The van der Waals surface area contributed by atoms with E-state index in [2.05, 4.69) is 10.4 Å². The van der Waals surface area contributed by atoms with E-state index in [1.165, 1.54) is 17.1 Å². The number of aromatic nitrogens is 2. The monoisotopic (exact) mass is 344 g/mol. The molecule has 0 spiro atoms. The zero-order valence-corrected chi connectivity index (χ0v) is 14.1. The molecule has 0 radical (unpaired) electrons. The van der Waals surface area contributed by atoms with E-state index in [0.717, 1.165) is 0 Å². The Morgan fingerprint density at radius 2 is 2.08 bits per heavy atom. The molecule has 0 aliphatic rings. The van der Waals surface area contributed by atoms with Gasteiger partial charge in [-0.3, -0.25) is 14.8 Å². The summed E-state index contributed by atoms with van der Waals surface area (Å²) in [4.78, 5) is 20.8. The third-order valence-corrected chi connectivity index (χ3v) is 3.29. The number of nitrogens with zero attached hydrogens (tertiary/aromatic N) is 3. The second-order valence-electron chi connectivity index (χ2n) is 6.27. The number of carbonyl (C=O) groups is 1. The smallest absolute Gasteiger partial charge is 0.404 e. The van der Waals surface area contributed by atoms with Gasteiger partial charge in [0.1, 0.15) is 12.4 Å². The van der Waals surface area contributed by atoms with Gasteiger partial charge in [-0.25, -0.2) is 4.79 Å². The Morgan fingerprint density at radius 1 is 1.42 bits per heavy atom. The first-order valence-electron chi connectivity index (χ1n) is 7.52. The van der Waals surface area contributed by atoms with Crippen molar-refractivity contribution < 1.29 is 24.3 Å². The standard InChI is InChI=1S/C14H24N4O6/c1-14(2,3)12(16-13(19)20)10-24-7-6-23-5-4-17-9-11(8-15-17)18(21)22/h8-9,12,16H,4-7,10H2,1-3H3,(H,19,20). The minimum Gasteiger partial charge on any atom is -0.465 e. The summed E-state index contributed by atoms with van der Waals surface area (Å²) < 4.78 is 12.2. The van der Waals surface area contributed by atoms with E-state index in [9.17, 15) is 14.9 Å². The van der Waals surface area contributed by atoms with Crippen LogP contribution in [0.4, 0.5) is 10.5 Å². The second kappa shape index (κ2) is 9.18. The van der Waals surface area contributed by atoms with Gasteiger partial charge in [0.25, 0.3) is 0 Å². The zero-order valence-electron chi connectivity index (χ0n) is 14.1. The van der Waals surface area contributed by atoms with Crippen molar-refractivity contribution in [3.8, 4) is 0 Å². The lowest BCUT2D eigenvalue weighted by molar-refractivity contribution is -0.385. The molecule has 1 rings (SSSR count). The van der Waals surface area contributed by atoms with Crippen LogP contribution in [0.3, 0.4) is 0 Å². The van der Waals surface area contributed by atoms with Crippen molar-refractivity contribution in [3.05, 3.63) is 22.5 Å². The number of hydrogen-bond acceptors (Lipinski definition) is 6. The van der Waals surface area contributed by atoms with Crippen molar-refractivity contribution in [2.24, 2.45) is 5.41 Å². The zero-order chi connectivity index (χ0) is 18.2. The van der Waals surface area contributed by atoms with E-state index < -0.39 is 11.0 Å². The Labute approximate surface area is 139 Å². The van der Waals surface area contributed by atoms with Gasteiger partial charge < -0.3 is 19.9 Å². The number of rotatable bonds is 10. The molecule has 10 heteroatoms. The summed E-state index contributed by atoms with van der Waals surface area (Å²) in [6.07, 6.45) is 1.44. The number of nitro groups is 1. The summed E-state index contributed by atoms with van der Waals surface area (Å²) in [7, 11) is 0. The second-order valence-corrected chi connectivity index (χ2v) is 6.27. The summed E-state index contributed by atoms with van der Waals surface area (Å²) in [5.74, 6) is 0. The van der Waals surface area contributed by atoms with Gasteiger partial charge in [0.15, 0.2) is 0 Å². The van der Waals surface area contributed by atoms with Crippen LogP contribution in [0, 0.1) is 15.5 Å². The molecular formula is C14H24N4O6. The first-order valence-corrected chi connectivity index (χ1v) is 7.52. The van der Waals surface area contributed by atoms with Gasteiger partial charge >= 0.3 is 11.8 Å². The van der Waals surface area contributed by atoms with Gasteiger partial charge in [-0.2, -0.15) is 5.10 Å². The fraction of sp³-hybridized carbons (Fsp3) is 0.714. The third-order valence-electron chi connectivity index (χ3n) is 3.29. The highest BCUT2D eigenvalue weighted by molar-refractivity contribution is 5.65. The molecule has 1 aromatic heterocycles. The van der Waals surface area contributed by atoms with Crippen LogP contribution in [0.5, 0.6) is 0 Å². The molecule has 0 bridgehead atoms. The average molecular weight is 344 g/mol. The Kier molecular flexibility index (Phi) is 7.59. The normalized spacial score (nSPS) is 12.8. The maximum atomic E-state index is 10.8. The number of nitrogens with one attached hydrogen (secondary N) is 1. The van der Waals surface area contributed by atoms with Crippen LogP contribution in [-0.2, 0) is 16.0 Å². The molecule has 1 amide bonds. The molecule has 1 atom stereocenters. The fourth-order valence-corrected chi connectivity index (χ4v) is 1.81. The Balaban J connectivity index is 2.16. The molecule has 2 N–H and O–H groups in total. The van der Waals surface area contributed by atoms with Gasteiger partial charge in [0.05, 0.1) is 43.9 Å². The first-order chi connectivity index (χ1) is 11.2. The van der Waals surface area contributed by atoms with E-state index in [-0.39, 0.29) is 23.8 Å².